The quantitative estimate of drug-likeness (QED) is 0.357. The summed E-state index contributed by atoms with van der Waals surface area (Å²) in [6.07, 6.45) is -0.137. The summed E-state index contributed by atoms with van der Waals surface area (Å²) in [7, 11) is 0. The molecule has 4 rings (SSSR count). The molecule has 0 aromatic heterocycles. The largest absolute Gasteiger partial charge is 0.481 e. The van der Waals surface area contributed by atoms with Gasteiger partial charge in [-0.15, -0.1) is 0 Å². The van der Waals surface area contributed by atoms with Crippen molar-refractivity contribution in [3.8, 4) is 0 Å². The lowest BCUT2D eigenvalue weighted by molar-refractivity contribution is -0.138. The van der Waals surface area contributed by atoms with Crippen molar-refractivity contribution in [1.82, 2.24) is 4.90 Å². The summed E-state index contributed by atoms with van der Waals surface area (Å²) >= 11 is 0. The molecule has 8 heteroatoms. The van der Waals surface area contributed by atoms with Crippen molar-refractivity contribution in [2.75, 3.05) is 11.6 Å². The summed E-state index contributed by atoms with van der Waals surface area (Å²) in [4.78, 5) is 40.0. The maximum Gasteiger partial charge on any atom is 0.306 e. The smallest absolute Gasteiger partial charge is 0.306 e. The Morgan fingerprint density at radius 3 is 2.34 bits per heavy atom. The number of para-hydroxylation sites is 1. The van der Waals surface area contributed by atoms with Crippen molar-refractivity contribution in [2.24, 2.45) is 11.6 Å². The number of hydrogen-bond donors (Lipinski definition) is 3. The molecular weight excluding hydrogens is 444 g/mol. The molecule has 0 aliphatic carbocycles. The number of carbonyl (C=O) groups is 2. The second kappa shape index (κ2) is 9.95. The number of hydrogen-bond acceptors (Lipinski definition) is 6. The number of aliphatic carboxylic acids is 1. The van der Waals surface area contributed by atoms with E-state index in [4.69, 9.17) is 11.6 Å². The molecule has 3 aromatic carbocycles. The van der Waals surface area contributed by atoms with Gasteiger partial charge in [-0.2, -0.15) is 0 Å². The van der Waals surface area contributed by atoms with Crippen molar-refractivity contribution in [3.63, 3.8) is 0 Å². The van der Waals surface area contributed by atoms with Crippen LogP contribution in [0.4, 0.5) is 5.69 Å². The van der Waals surface area contributed by atoms with Crippen LogP contribution in [-0.4, -0.2) is 34.4 Å². The number of fused-ring (bicyclic) bond motifs is 1. The summed E-state index contributed by atoms with van der Waals surface area (Å²) < 4.78 is 0. The molecule has 0 saturated heterocycles. The van der Waals surface area contributed by atoms with E-state index in [9.17, 15) is 19.5 Å². The average Bonchev–Trinajstić information content (AvgIpc) is 2.96. The molecule has 5 N–H and O–H groups in total. The fourth-order valence-electron chi connectivity index (χ4n) is 4.61. The minimum atomic E-state index is -1.71. The number of anilines is 1. The number of nitrogens with two attached hydrogens (primary N) is 2. The summed E-state index contributed by atoms with van der Waals surface area (Å²) in [6, 6.07) is 23.1. The number of amides is 1. The van der Waals surface area contributed by atoms with Crippen molar-refractivity contribution in [3.05, 3.63) is 107 Å². The van der Waals surface area contributed by atoms with Crippen LogP contribution >= 0.6 is 0 Å². The fourth-order valence-corrected chi connectivity index (χ4v) is 4.61. The standard InChI is InChI=1S/C27H26N4O4/c28-17-20-9-6-10-21(15-20)27(16-25(33)34)24(18-32)30(14-13-19-7-2-1-3-8-19)26(35)22-11-4-5-12-23(22)31(27)29/h1-12,15H,13-14,16-17,28-29H2,(H,33,34). The molecule has 0 fully saturated rings. The minimum Gasteiger partial charge on any atom is -0.481 e. The monoisotopic (exact) mass is 470 g/mol. The maximum absolute atomic E-state index is 13.8. The number of rotatable bonds is 7. The fraction of sp³-hybridized carbons (Fsp3) is 0.185. The van der Waals surface area contributed by atoms with E-state index in [1.807, 2.05) is 36.3 Å². The lowest BCUT2D eigenvalue weighted by Gasteiger charge is -2.43. The highest BCUT2D eigenvalue weighted by atomic mass is 16.4. The summed E-state index contributed by atoms with van der Waals surface area (Å²) in [5.41, 5.74) is 6.67. The lowest BCUT2D eigenvalue weighted by atomic mass is 9.81. The Bertz CT molecular complexity index is 1300. The highest BCUT2D eigenvalue weighted by molar-refractivity contribution is 6.03. The van der Waals surface area contributed by atoms with Crippen LogP contribution < -0.4 is 16.6 Å². The van der Waals surface area contributed by atoms with Crippen molar-refractivity contribution < 1.29 is 19.5 Å². The van der Waals surface area contributed by atoms with E-state index in [0.717, 1.165) is 11.1 Å². The van der Waals surface area contributed by atoms with Gasteiger partial charge >= 0.3 is 5.97 Å². The molecule has 3 aromatic rings. The van der Waals surface area contributed by atoms with Crippen molar-refractivity contribution >= 4 is 23.5 Å². The van der Waals surface area contributed by atoms with Crippen LogP contribution in [0.3, 0.4) is 0 Å². The number of benzene rings is 3. The van der Waals surface area contributed by atoms with Gasteiger partial charge in [-0.25, -0.2) is 10.6 Å². The third-order valence-electron chi connectivity index (χ3n) is 6.32. The zero-order valence-corrected chi connectivity index (χ0v) is 19.1. The van der Waals surface area contributed by atoms with Gasteiger partial charge in [0.25, 0.3) is 5.91 Å². The van der Waals surface area contributed by atoms with Crippen LogP contribution in [0.25, 0.3) is 0 Å². The molecule has 1 aliphatic rings. The summed E-state index contributed by atoms with van der Waals surface area (Å²) in [5.74, 6) is 6.92. The zero-order valence-electron chi connectivity index (χ0n) is 19.1. The van der Waals surface area contributed by atoms with Gasteiger partial charge in [-0.05, 0) is 35.2 Å². The number of nitrogens with zero attached hydrogens (tertiary/aromatic N) is 2. The molecular formula is C27H26N4O4. The van der Waals surface area contributed by atoms with Crippen LogP contribution in [0.1, 0.15) is 33.5 Å². The molecule has 178 valence electrons. The topological polar surface area (TPSA) is 130 Å². The van der Waals surface area contributed by atoms with Crippen LogP contribution in [-0.2, 0) is 28.1 Å². The minimum absolute atomic E-state index is 0.132. The van der Waals surface area contributed by atoms with E-state index < -0.39 is 23.8 Å². The third-order valence-corrected chi connectivity index (χ3v) is 6.32. The first-order chi connectivity index (χ1) is 16.9. The highest BCUT2D eigenvalue weighted by Gasteiger charge is 2.51. The van der Waals surface area contributed by atoms with Gasteiger partial charge in [0.1, 0.15) is 17.2 Å². The Kier molecular flexibility index (Phi) is 6.80. The predicted molar refractivity (Wildman–Crippen MR) is 132 cm³/mol. The second-order valence-electron chi connectivity index (χ2n) is 8.37. The highest BCUT2D eigenvalue weighted by Crippen LogP contribution is 2.45. The molecule has 0 bridgehead atoms. The normalized spacial score (nSPS) is 17.5. The molecule has 35 heavy (non-hydrogen) atoms. The van der Waals surface area contributed by atoms with E-state index in [1.165, 1.54) is 9.91 Å². The van der Waals surface area contributed by atoms with Gasteiger partial charge in [-0.1, -0.05) is 66.7 Å². The van der Waals surface area contributed by atoms with E-state index in [0.29, 0.717) is 17.7 Å². The Morgan fingerprint density at radius 1 is 0.971 bits per heavy atom. The van der Waals surface area contributed by atoms with Gasteiger partial charge < -0.3 is 10.8 Å². The number of carboxylic acids is 1. The predicted octanol–water partition coefficient (Wildman–Crippen LogP) is 2.61. The first-order valence-electron chi connectivity index (χ1n) is 11.2. The van der Waals surface area contributed by atoms with Crippen LogP contribution in [0.5, 0.6) is 0 Å². The van der Waals surface area contributed by atoms with Crippen molar-refractivity contribution in [2.45, 2.75) is 24.9 Å². The Hall–Kier alpha value is -4.23. The molecule has 0 spiro atoms. The van der Waals surface area contributed by atoms with E-state index in [-0.39, 0.29) is 24.4 Å². The molecule has 1 aliphatic heterocycles. The molecule has 8 nitrogen and oxygen atoms in total. The van der Waals surface area contributed by atoms with Gasteiger partial charge in [0.2, 0.25) is 0 Å². The number of carboxylic acid groups (broad SMARTS) is 1. The number of carbonyl (C=O) groups excluding carboxylic acids is 2. The Morgan fingerprint density at radius 2 is 1.66 bits per heavy atom. The van der Waals surface area contributed by atoms with E-state index >= 15 is 0 Å². The van der Waals surface area contributed by atoms with Crippen LogP contribution in [0, 0.1) is 0 Å². The lowest BCUT2D eigenvalue weighted by Crippen LogP contribution is -2.56. The summed E-state index contributed by atoms with van der Waals surface area (Å²) in [5, 5.41) is 11.2. The first kappa shape index (κ1) is 23.9. The zero-order chi connectivity index (χ0) is 25.0. The molecule has 1 unspecified atom stereocenters. The van der Waals surface area contributed by atoms with Crippen LogP contribution in [0.15, 0.2) is 84.6 Å². The molecule has 0 radical (unpaired) electrons. The SMILES string of the molecule is NCc1cccc(C2(CC(=O)O)C(=C=O)N(CCc3ccccc3)C(=O)c3ccccc3N2N)c1. The average molecular weight is 471 g/mol. The van der Waals surface area contributed by atoms with E-state index in [2.05, 4.69) is 0 Å². The molecule has 1 atom stereocenters. The maximum atomic E-state index is 13.8. The summed E-state index contributed by atoms with van der Waals surface area (Å²) in [6.45, 7) is 0.336. The Labute approximate surface area is 203 Å². The second-order valence-corrected chi connectivity index (χ2v) is 8.37. The van der Waals surface area contributed by atoms with Crippen LogP contribution in [0.2, 0.25) is 0 Å². The Balaban J connectivity index is 1.97. The molecule has 1 amide bonds. The van der Waals surface area contributed by atoms with E-state index in [1.54, 1.807) is 48.5 Å². The third kappa shape index (κ3) is 4.34. The molecule has 0 saturated carbocycles. The molecule has 1 heterocycles. The van der Waals surface area contributed by atoms with Gasteiger partial charge in [0.05, 0.1) is 17.7 Å². The van der Waals surface area contributed by atoms with Gasteiger partial charge in [0.15, 0.2) is 0 Å². The van der Waals surface area contributed by atoms with Gasteiger partial charge in [0, 0.05) is 13.1 Å². The first-order valence-corrected chi connectivity index (χ1v) is 11.2. The van der Waals surface area contributed by atoms with Gasteiger partial charge in [-0.3, -0.25) is 19.5 Å². The van der Waals surface area contributed by atoms with Crippen molar-refractivity contribution in [1.29, 1.82) is 0 Å². The number of hydrazine groups is 1.